The molecule has 1 aromatic rings. The van der Waals surface area contributed by atoms with Gasteiger partial charge in [-0.15, -0.1) is 0 Å². The van der Waals surface area contributed by atoms with E-state index in [-0.39, 0.29) is 18.1 Å². The number of unbranched alkanes of at least 4 members (excludes halogenated alkanes) is 2. The molecule has 2 aliphatic rings. The summed E-state index contributed by atoms with van der Waals surface area (Å²) in [6, 6.07) is 6.29. The van der Waals surface area contributed by atoms with E-state index in [2.05, 4.69) is 25.1 Å². The highest BCUT2D eigenvalue weighted by atomic mass is 16.5. The summed E-state index contributed by atoms with van der Waals surface area (Å²) >= 11 is 0. The van der Waals surface area contributed by atoms with Crippen LogP contribution in [0, 0.1) is 17.8 Å². The van der Waals surface area contributed by atoms with E-state index in [1.54, 1.807) is 7.11 Å². The molecular formula is C22H32O3. The Kier molecular flexibility index (Phi) is 6.19. The number of hydrogen-bond acceptors (Lipinski definition) is 3. The van der Waals surface area contributed by atoms with Crippen LogP contribution in [-0.4, -0.2) is 29.5 Å². The normalized spacial score (nSPS) is 29.4. The maximum Gasteiger partial charge on any atom is 0.122 e. The van der Waals surface area contributed by atoms with Gasteiger partial charge in [-0.25, -0.2) is 0 Å². The lowest BCUT2D eigenvalue weighted by Gasteiger charge is -2.31. The topological polar surface area (TPSA) is 49.7 Å². The fourth-order valence-corrected chi connectivity index (χ4v) is 4.75. The van der Waals surface area contributed by atoms with Gasteiger partial charge in [0.2, 0.25) is 0 Å². The molecule has 3 nitrogen and oxygen atoms in total. The summed E-state index contributed by atoms with van der Waals surface area (Å²) in [4.78, 5) is 0. The molecule has 1 saturated carbocycles. The summed E-state index contributed by atoms with van der Waals surface area (Å²) in [7, 11) is 1.73. The molecule has 25 heavy (non-hydrogen) atoms. The first-order chi connectivity index (χ1) is 12.1. The SMILES string of the molecule is CCCCCC(O)/C=C/[C@H]1C(O)C[C@@H]2Cc3c(cccc3OC)C[C@@H]21. The van der Waals surface area contributed by atoms with E-state index < -0.39 is 0 Å². The Morgan fingerprint density at radius 3 is 2.88 bits per heavy atom. The van der Waals surface area contributed by atoms with Gasteiger partial charge in [-0.1, -0.05) is 50.5 Å². The van der Waals surface area contributed by atoms with Crippen molar-refractivity contribution >= 4 is 0 Å². The molecule has 0 heterocycles. The van der Waals surface area contributed by atoms with Gasteiger partial charge in [-0.3, -0.25) is 0 Å². The Morgan fingerprint density at radius 2 is 2.12 bits per heavy atom. The lowest BCUT2D eigenvalue weighted by atomic mass is 9.74. The molecule has 1 fully saturated rings. The molecule has 0 spiro atoms. The summed E-state index contributed by atoms with van der Waals surface area (Å²) in [6.07, 6.45) is 10.4. The minimum absolute atomic E-state index is 0.158. The van der Waals surface area contributed by atoms with E-state index in [1.165, 1.54) is 24.0 Å². The summed E-state index contributed by atoms with van der Waals surface area (Å²) in [6.45, 7) is 2.17. The third-order valence-corrected chi connectivity index (χ3v) is 6.12. The molecule has 0 radical (unpaired) electrons. The first-order valence-corrected chi connectivity index (χ1v) is 9.83. The van der Waals surface area contributed by atoms with Crippen LogP contribution in [-0.2, 0) is 12.8 Å². The Bertz CT molecular complexity index is 595. The average Bonchev–Trinajstić information content (AvgIpc) is 2.92. The number of aliphatic hydroxyl groups excluding tert-OH is 2. The molecule has 5 atom stereocenters. The number of methoxy groups -OCH3 is 1. The van der Waals surface area contributed by atoms with Crippen molar-refractivity contribution in [2.45, 2.75) is 64.1 Å². The fourth-order valence-electron chi connectivity index (χ4n) is 4.75. The third-order valence-electron chi connectivity index (χ3n) is 6.12. The van der Waals surface area contributed by atoms with Gasteiger partial charge in [0.25, 0.3) is 0 Å². The van der Waals surface area contributed by atoms with Crippen molar-refractivity contribution in [2.24, 2.45) is 17.8 Å². The van der Waals surface area contributed by atoms with Gasteiger partial charge in [0.05, 0.1) is 19.3 Å². The number of benzene rings is 1. The zero-order valence-electron chi connectivity index (χ0n) is 15.5. The van der Waals surface area contributed by atoms with E-state index in [1.807, 2.05) is 12.1 Å². The monoisotopic (exact) mass is 344 g/mol. The van der Waals surface area contributed by atoms with Gasteiger partial charge in [0.1, 0.15) is 5.75 Å². The number of fused-ring (bicyclic) bond motifs is 2. The van der Waals surface area contributed by atoms with E-state index in [9.17, 15) is 10.2 Å². The molecule has 1 aromatic carbocycles. The maximum absolute atomic E-state index is 10.6. The lowest BCUT2D eigenvalue weighted by Crippen LogP contribution is -2.26. The first-order valence-electron chi connectivity index (χ1n) is 9.83. The van der Waals surface area contributed by atoms with Gasteiger partial charge in [-0.2, -0.15) is 0 Å². The zero-order chi connectivity index (χ0) is 17.8. The number of ether oxygens (including phenoxy) is 1. The third kappa shape index (κ3) is 4.09. The Morgan fingerprint density at radius 1 is 1.28 bits per heavy atom. The van der Waals surface area contributed by atoms with Crippen molar-refractivity contribution in [3.63, 3.8) is 0 Å². The molecule has 2 N–H and O–H groups in total. The maximum atomic E-state index is 10.6. The highest BCUT2D eigenvalue weighted by Gasteiger charge is 2.43. The van der Waals surface area contributed by atoms with Gasteiger partial charge in [-0.05, 0) is 54.7 Å². The van der Waals surface area contributed by atoms with Crippen molar-refractivity contribution in [3.8, 4) is 5.75 Å². The van der Waals surface area contributed by atoms with Crippen LogP contribution >= 0.6 is 0 Å². The van der Waals surface area contributed by atoms with Crippen molar-refractivity contribution in [2.75, 3.05) is 7.11 Å². The quantitative estimate of drug-likeness (QED) is 0.582. The highest BCUT2D eigenvalue weighted by Crippen LogP contribution is 2.47. The number of aliphatic hydroxyl groups is 2. The summed E-state index contributed by atoms with van der Waals surface area (Å²) in [5.74, 6) is 2.11. The average molecular weight is 344 g/mol. The summed E-state index contributed by atoms with van der Waals surface area (Å²) in [5, 5.41) is 20.7. The molecule has 0 amide bonds. The minimum atomic E-state index is -0.381. The Balaban J connectivity index is 1.69. The van der Waals surface area contributed by atoms with Crippen LogP contribution in [0.25, 0.3) is 0 Å². The van der Waals surface area contributed by atoms with Crippen LogP contribution in [0.4, 0.5) is 0 Å². The van der Waals surface area contributed by atoms with E-state index in [0.717, 1.165) is 37.9 Å². The Labute approximate surface area is 151 Å². The molecule has 3 heteroatoms. The summed E-state index contributed by atoms with van der Waals surface area (Å²) in [5.41, 5.74) is 2.68. The molecule has 0 aliphatic heterocycles. The number of hydrogen-bond donors (Lipinski definition) is 2. The standard InChI is InChI=1S/C22H32O3/c1-3-4-5-8-17(23)10-11-18-19-12-15-7-6-9-22(25-2)20(15)13-16(19)14-21(18)24/h6-7,9-11,16-19,21,23-24H,3-5,8,12-14H2,1-2H3/b11-10+/t16-,17?,18+,19-,21?/m0/s1. The molecule has 2 aliphatic carbocycles. The van der Waals surface area contributed by atoms with Crippen LogP contribution in [0.2, 0.25) is 0 Å². The second-order valence-corrected chi connectivity index (χ2v) is 7.76. The fraction of sp³-hybridized carbons (Fsp3) is 0.636. The first kappa shape index (κ1) is 18.5. The van der Waals surface area contributed by atoms with Crippen LogP contribution in [0.3, 0.4) is 0 Å². The van der Waals surface area contributed by atoms with Gasteiger partial charge in [0.15, 0.2) is 0 Å². The molecular weight excluding hydrogens is 312 g/mol. The summed E-state index contributed by atoms with van der Waals surface area (Å²) < 4.78 is 5.53. The van der Waals surface area contributed by atoms with Gasteiger partial charge < -0.3 is 14.9 Å². The second-order valence-electron chi connectivity index (χ2n) is 7.76. The van der Waals surface area contributed by atoms with E-state index >= 15 is 0 Å². The van der Waals surface area contributed by atoms with Crippen molar-refractivity contribution in [1.82, 2.24) is 0 Å². The van der Waals surface area contributed by atoms with Crippen LogP contribution < -0.4 is 4.74 Å². The predicted molar refractivity (Wildman–Crippen MR) is 101 cm³/mol. The molecule has 3 rings (SSSR count). The van der Waals surface area contributed by atoms with Crippen molar-refractivity contribution in [3.05, 3.63) is 41.5 Å². The largest absolute Gasteiger partial charge is 0.496 e. The van der Waals surface area contributed by atoms with E-state index in [0.29, 0.717) is 11.8 Å². The van der Waals surface area contributed by atoms with Crippen molar-refractivity contribution in [1.29, 1.82) is 0 Å². The zero-order valence-corrected chi connectivity index (χ0v) is 15.5. The molecule has 0 bridgehead atoms. The van der Waals surface area contributed by atoms with Gasteiger partial charge >= 0.3 is 0 Å². The predicted octanol–water partition coefficient (Wildman–Crippen LogP) is 3.90. The molecule has 2 unspecified atom stereocenters. The van der Waals surface area contributed by atoms with E-state index in [4.69, 9.17) is 4.74 Å². The molecule has 0 saturated heterocycles. The van der Waals surface area contributed by atoms with Crippen LogP contribution in [0.1, 0.15) is 50.2 Å². The number of rotatable bonds is 7. The van der Waals surface area contributed by atoms with Crippen molar-refractivity contribution < 1.29 is 14.9 Å². The second kappa shape index (κ2) is 8.37. The van der Waals surface area contributed by atoms with Crippen LogP contribution in [0.5, 0.6) is 5.75 Å². The lowest BCUT2D eigenvalue weighted by molar-refractivity contribution is 0.140. The van der Waals surface area contributed by atoms with Gasteiger partial charge in [0, 0.05) is 5.92 Å². The highest BCUT2D eigenvalue weighted by molar-refractivity contribution is 5.43. The smallest absolute Gasteiger partial charge is 0.122 e. The minimum Gasteiger partial charge on any atom is -0.496 e. The molecule has 0 aromatic heterocycles. The molecule has 138 valence electrons. The van der Waals surface area contributed by atoms with Crippen LogP contribution in [0.15, 0.2) is 30.4 Å². The Hall–Kier alpha value is -1.32.